The van der Waals surface area contributed by atoms with Crippen LogP contribution in [-0.2, 0) is 13.0 Å². The molecule has 1 saturated heterocycles. The average molecular weight is 511 g/mol. The largest absolute Gasteiger partial charge is 0.496 e. The minimum atomic E-state index is 0.451. The smallest absolute Gasteiger partial charge is 0.154 e. The molecule has 0 radical (unpaired) electrons. The molecular weight excluding hydrogens is 483 g/mol. The quantitative estimate of drug-likeness (QED) is 0.354. The molecule has 7 nitrogen and oxygen atoms in total. The Kier molecular flexibility index (Phi) is 7.00. The maximum atomic E-state index is 6.36. The Morgan fingerprint density at radius 3 is 2.54 bits per heavy atom. The maximum Gasteiger partial charge on any atom is 0.154 e. The summed E-state index contributed by atoms with van der Waals surface area (Å²) in [6.07, 6.45) is 2.41. The van der Waals surface area contributed by atoms with Crippen LogP contribution in [0.2, 0.25) is 10.0 Å². The molecule has 2 N–H and O–H groups in total. The summed E-state index contributed by atoms with van der Waals surface area (Å²) >= 11 is 12.7. The Labute approximate surface area is 215 Å². The third kappa shape index (κ3) is 5.17. The Morgan fingerprint density at radius 1 is 1.03 bits per heavy atom. The standard InChI is InChI=1S/C26H28Cl2N6O/c1-33-10-12-34(13-11-33)18-7-6-17(23(15-18)35-2)14-24-31-22-8-9-29-25(22)26(32-24)30-16-19-20(27)4-3-5-21(19)28/h3-9,15,29H,10-14,16H2,1-2H3,(H,30,31,32). The number of nitrogens with one attached hydrogen (secondary N) is 2. The first kappa shape index (κ1) is 23.7. The molecule has 0 bridgehead atoms. The number of piperazine rings is 1. The zero-order valence-corrected chi connectivity index (χ0v) is 21.3. The zero-order valence-electron chi connectivity index (χ0n) is 19.8. The van der Waals surface area contributed by atoms with E-state index in [0.29, 0.717) is 34.7 Å². The average Bonchev–Trinajstić information content (AvgIpc) is 3.33. The second-order valence-electron chi connectivity index (χ2n) is 8.74. The summed E-state index contributed by atoms with van der Waals surface area (Å²) in [7, 11) is 3.87. The highest BCUT2D eigenvalue weighted by molar-refractivity contribution is 6.36. The van der Waals surface area contributed by atoms with E-state index in [1.807, 2.05) is 30.5 Å². The number of anilines is 2. The van der Waals surface area contributed by atoms with E-state index in [2.05, 4.69) is 45.3 Å². The van der Waals surface area contributed by atoms with Gasteiger partial charge >= 0.3 is 0 Å². The molecule has 3 heterocycles. The van der Waals surface area contributed by atoms with E-state index in [-0.39, 0.29) is 0 Å². The minimum Gasteiger partial charge on any atom is -0.496 e. The SMILES string of the molecule is COc1cc(N2CCN(C)CC2)ccc1Cc1nc(NCc2c(Cl)cccc2Cl)c2[nH]ccc2n1. The molecule has 9 heteroatoms. The molecule has 5 rings (SSSR count). The van der Waals surface area contributed by atoms with Crippen LogP contribution in [0.15, 0.2) is 48.7 Å². The summed E-state index contributed by atoms with van der Waals surface area (Å²) in [4.78, 5) is 17.6. The number of hydrogen-bond donors (Lipinski definition) is 2. The molecule has 2 aromatic carbocycles. The Hall–Kier alpha value is -3.00. The summed E-state index contributed by atoms with van der Waals surface area (Å²) in [5.74, 6) is 2.26. The molecule has 0 spiro atoms. The summed E-state index contributed by atoms with van der Waals surface area (Å²) in [6.45, 7) is 4.59. The van der Waals surface area contributed by atoms with Crippen LogP contribution in [0.5, 0.6) is 5.75 Å². The van der Waals surface area contributed by atoms with Crippen LogP contribution in [0, 0.1) is 0 Å². The van der Waals surface area contributed by atoms with Crippen LogP contribution in [0.25, 0.3) is 11.0 Å². The van der Waals surface area contributed by atoms with E-state index in [1.54, 1.807) is 7.11 Å². The lowest BCUT2D eigenvalue weighted by Gasteiger charge is -2.34. The van der Waals surface area contributed by atoms with Crippen molar-refractivity contribution in [2.75, 3.05) is 50.6 Å². The van der Waals surface area contributed by atoms with Crippen LogP contribution in [0.1, 0.15) is 17.0 Å². The number of aromatic nitrogens is 3. The highest BCUT2D eigenvalue weighted by Crippen LogP contribution is 2.30. The van der Waals surface area contributed by atoms with Gasteiger partial charge in [-0.2, -0.15) is 0 Å². The van der Waals surface area contributed by atoms with Gasteiger partial charge in [-0.05, 0) is 31.3 Å². The van der Waals surface area contributed by atoms with Crippen LogP contribution < -0.4 is 15.0 Å². The van der Waals surface area contributed by atoms with Gasteiger partial charge in [0, 0.05) is 78.3 Å². The van der Waals surface area contributed by atoms with Gasteiger partial charge in [0.1, 0.15) is 17.1 Å². The summed E-state index contributed by atoms with van der Waals surface area (Å²) in [5, 5.41) is 4.62. The lowest BCUT2D eigenvalue weighted by Crippen LogP contribution is -2.44. The number of nitrogens with zero attached hydrogens (tertiary/aromatic N) is 4. The molecule has 2 aromatic heterocycles. The lowest BCUT2D eigenvalue weighted by atomic mass is 10.1. The van der Waals surface area contributed by atoms with E-state index in [9.17, 15) is 0 Å². The molecular formula is C26H28Cl2N6O. The van der Waals surface area contributed by atoms with Gasteiger partial charge in [0.05, 0.1) is 12.6 Å². The number of ether oxygens (including phenoxy) is 1. The molecule has 1 aliphatic heterocycles. The van der Waals surface area contributed by atoms with Crippen LogP contribution in [0.3, 0.4) is 0 Å². The number of H-pyrrole nitrogens is 1. The second kappa shape index (κ2) is 10.3. The van der Waals surface area contributed by atoms with Crippen molar-refractivity contribution in [2.45, 2.75) is 13.0 Å². The molecule has 182 valence electrons. The van der Waals surface area contributed by atoms with Gasteiger partial charge in [-0.1, -0.05) is 35.3 Å². The number of aromatic amines is 1. The van der Waals surface area contributed by atoms with Crippen molar-refractivity contribution in [3.05, 3.63) is 75.7 Å². The Balaban J connectivity index is 1.39. The number of halogens is 2. The van der Waals surface area contributed by atoms with Crippen molar-refractivity contribution in [1.29, 1.82) is 0 Å². The van der Waals surface area contributed by atoms with Crippen LogP contribution in [-0.4, -0.2) is 60.2 Å². The topological polar surface area (TPSA) is 69.3 Å². The first-order chi connectivity index (χ1) is 17.0. The third-order valence-electron chi connectivity index (χ3n) is 6.43. The molecule has 1 fully saturated rings. The van der Waals surface area contributed by atoms with E-state index in [0.717, 1.165) is 54.1 Å². The van der Waals surface area contributed by atoms with Gasteiger partial charge in [-0.25, -0.2) is 9.97 Å². The van der Waals surface area contributed by atoms with Crippen molar-refractivity contribution in [1.82, 2.24) is 19.9 Å². The molecule has 4 aromatic rings. The predicted molar refractivity (Wildman–Crippen MR) is 143 cm³/mol. The highest BCUT2D eigenvalue weighted by Gasteiger charge is 2.17. The van der Waals surface area contributed by atoms with E-state index in [1.165, 1.54) is 5.69 Å². The number of likely N-dealkylation sites (N-methyl/N-ethyl adjacent to an activating group) is 1. The summed E-state index contributed by atoms with van der Waals surface area (Å²) < 4.78 is 5.76. The first-order valence-corrected chi connectivity index (χ1v) is 12.4. The monoisotopic (exact) mass is 510 g/mol. The molecule has 0 unspecified atom stereocenters. The number of benzene rings is 2. The number of fused-ring (bicyclic) bond motifs is 1. The zero-order chi connectivity index (χ0) is 24.4. The van der Waals surface area contributed by atoms with Crippen LogP contribution >= 0.6 is 23.2 Å². The normalized spacial score (nSPS) is 14.5. The van der Waals surface area contributed by atoms with Crippen molar-refractivity contribution < 1.29 is 4.74 Å². The van der Waals surface area contributed by atoms with Gasteiger partial charge in [0.2, 0.25) is 0 Å². The molecule has 0 aliphatic carbocycles. The van der Waals surface area contributed by atoms with Crippen molar-refractivity contribution in [3.8, 4) is 5.75 Å². The summed E-state index contributed by atoms with van der Waals surface area (Å²) in [5.41, 5.74) is 4.74. The minimum absolute atomic E-state index is 0.451. The fraction of sp³-hybridized carbons (Fsp3) is 0.308. The van der Waals surface area contributed by atoms with Gasteiger partial charge in [0.15, 0.2) is 5.82 Å². The second-order valence-corrected chi connectivity index (χ2v) is 9.56. The Morgan fingerprint density at radius 2 is 1.80 bits per heavy atom. The molecule has 0 atom stereocenters. The predicted octanol–water partition coefficient (Wildman–Crippen LogP) is 5.23. The fourth-order valence-electron chi connectivity index (χ4n) is 4.38. The van der Waals surface area contributed by atoms with E-state index < -0.39 is 0 Å². The molecule has 0 amide bonds. The third-order valence-corrected chi connectivity index (χ3v) is 7.14. The fourth-order valence-corrected chi connectivity index (χ4v) is 4.92. The Bertz CT molecular complexity index is 1310. The number of methoxy groups -OCH3 is 1. The maximum absolute atomic E-state index is 6.36. The molecule has 1 aliphatic rings. The van der Waals surface area contributed by atoms with E-state index in [4.69, 9.17) is 37.9 Å². The first-order valence-electron chi connectivity index (χ1n) is 11.6. The lowest BCUT2D eigenvalue weighted by molar-refractivity contribution is 0.312. The molecule has 0 saturated carbocycles. The van der Waals surface area contributed by atoms with E-state index >= 15 is 0 Å². The van der Waals surface area contributed by atoms with Gasteiger partial charge in [-0.15, -0.1) is 0 Å². The van der Waals surface area contributed by atoms with Gasteiger partial charge < -0.3 is 24.8 Å². The van der Waals surface area contributed by atoms with Crippen molar-refractivity contribution in [3.63, 3.8) is 0 Å². The van der Waals surface area contributed by atoms with Crippen LogP contribution in [0.4, 0.5) is 11.5 Å². The number of hydrogen-bond acceptors (Lipinski definition) is 6. The van der Waals surface area contributed by atoms with Gasteiger partial charge in [0.25, 0.3) is 0 Å². The van der Waals surface area contributed by atoms with Gasteiger partial charge in [-0.3, -0.25) is 0 Å². The van der Waals surface area contributed by atoms with Crippen molar-refractivity contribution in [2.24, 2.45) is 0 Å². The highest BCUT2D eigenvalue weighted by atomic mass is 35.5. The number of rotatable bonds is 7. The summed E-state index contributed by atoms with van der Waals surface area (Å²) in [6, 6.07) is 13.8. The van der Waals surface area contributed by atoms with Crippen molar-refractivity contribution >= 4 is 45.7 Å². The molecule has 35 heavy (non-hydrogen) atoms.